The van der Waals surface area contributed by atoms with Crippen LogP contribution in [0.15, 0.2) is 18.5 Å². The Bertz CT molecular complexity index is 451. The number of halogens is 3. The predicted octanol–water partition coefficient (Wildman–Crippen LogP) is 1.86. The average molecular weight is 243 g/mol. The van der Waals surface area contributed by atoms with Crippen molar-refractivity contribution in [3.63, 3.8) is 0 Å². The summed E-state index contributed by atoms with van der Waals surface area (Å²) in [7, 11) is 0. The highest BCUT2D eigenvalue weighted by Crippen LogP contribution is 2.33. The average Bonchev–Trinajstić information content (AvgIpc) is 2.25. The van der Waals surface area contributed by atoms with Gasteiger partial charge in [0.15, 0.2) is 0 Å². The van der Waals surface area contributed by atoms with Gasteiger partial charge >= 0.3 is 12.2 Å². The molecule has 17 heavy (non-hydrogen) atoms. The molecule has 2 amide bonds. The minimum atomic E-state index is -4.56. The largest absolute Gasteiger partial charge is 0.418 e. The van der Waals surface area contributed by atoms with Gasteiger partial charge in [-0.1, -0.05) is 5.92 Å². The highest BCUT2D eigenvalue weighted by atomic mass is 19.4. The number of nitrogens with zero attached hydrogens (tertiary/aromatic N) is 1. The minimum Gasteiger partial charge on any atom is -0.327 e. The van der Waals surface area contributed by atoms with Crippen molar-refractivity contribution in [1.29, 1.82) is 0 Å². The number of alkyl halides is 3. The van der Waals surface area contributed by atoms with Gasteiger partial charge in [0, 0.05) is 6.20 Å². The highest BCUT2D eigenvalue weighted by Gasteiger charge is 2.33. The molecule has 0 saturated heterocycles. The normalized spacial score (nSPS) is 10.5. The molecule has 1 aromatic rings. The van der Waals surface area contributed by atoms with Gasteiger partial charge in [-0.25, -0.2) is 4.79 Å². The molecule has 1 heterocycles. The molecule has 0 atom stereocenters. The fourth-order valence-electron chi connectivity index (χ4n) is 1.04. The zero-order chi connectivity index (χ0) is 12.9. The summed E-state index contributed by atoms with van der Waals surface area (Å²) in [6, 6.07) is -0.0435. The summed E-state index contributed by atoms with van der Waals surface area (Å²) in [4.78, 5) is 14.6. The van der Waals surface area contributed by atoms with Crippen molar-refractivity contribution in [3.05, 3.63) is 24.0 Å². The van der Waals surface area contributed by atoms with Gasteiger partial charge in [-0.3, -0.25) is 4.98 Å². The first-order chi connectivity index (χ1) is 7.95. The third-order valence-corrected chi connectivity index (χ3v) is 1.73. The first-order valence-corrected chi connectivity index (χ1v) is 4.44. The van der Waals surface area contributed by atoms with Crippen LogP contribution < -0.4 is 10.6 Å². The fraction of sp³-hybridized carbons (Fsp3) is 0.200. The molecular formula is C10H8F3N3O. The van der Waals surface area contributed by atoms with E-state index in [2.05, 4.69) is 16.2 Å². The zero-order valence-corrected chi connectivity index (χ0v) is 8.51. The number of amides is 2. The van der Waals surface area contributed by atoms with Crippen molar-refractivity contribution in [1.82, 2.24) is 10.3 Å². The molecule has 0 aromatic carbocycles. The van der Waals surface area contributed by atoms with E-state index in [-0.39, 0.29) is 6.54 Å². The molecule has 0 saturated carbocycles. The van der Waals surface area contributed by atoms with Gasteiger partial charge in [0.05, 0.1) is 24.0 Å². The standard InChI is InChI=1S/C10H8F3N3O/c1-2-4-15-9(17)16-8-6-14-5-3-7(8)10(11,12)13/h1,3,5-6H,4H2,(H2,15,16,17). The molecule has 0 aliphatic carbocycles. The Hall–Kier alpha value is -2.23. The molecule has 0 unspecified atom stereocenters. The van der Waals surface area contributed by atoms with Crippen molar-refractivity contribution < 1.29 is 18.0 Å². The maximum atomic E-state index is 12.5. The fourth-order valence-corrected chi connectivity index (χ4v) is 1.04. The number of nitrogens with one attached hydrogen (secondary N) is 2. The number of aromatic nitrogens is 1. The van der Waals surface area contributed by atoms with E-state index in [1.165, 1.54) is 0 Å². The zero-order valence-electron chi connectivity index (χ0n) is 8.51. The Kier molecular flexibility index (Phi) is 3.93. The molecule has 0 fully saturated rings. The van der Waals surface area contributed by atoms with Gasteiger partial charge in [-0.2, -0.15) is 13.2 Å². The molecule has 0 radical (unpaired) electrons. The summed E-state index contributed by atoms with van der Waals surface area (Å²) in [6.07, 6.45) is 2.24. The predicted molar refractivity (Wildman–Crippen MR) is 55.1 cm³/mol. The lowest BCUT2D eigenvalue weighted by Gasteiger charge is -2.12. The molecule has 7 heteroatoms. The number of hydrogen-bond acceptors (Lipinski definition) is 2. The molecule has 1 aromatic heterocycles. The molecule has 0 bridgehead atoms. The molecule has 2 N–H and O–H groups in total. The van der Waals surface area contributed by atoms with Gasteiger partial charge in [0.2, 0.25) is 0 Å². The van der Waals surface area contributed by atoms with Crippen LogP contribution >= 0.6 is 0 Å². The van der Waals surface area contributed by atoms with Gasteiger partial charge in [0.1, 0.15) is 0 Å². The van der Waals surface area contributed by atoms with Crippen LogP contribution in [0.25, 0.3) is 0 Å². The second-order valence-corrected chi connectivity index (χ2v) is 2.93. The number of hydrogen-bond donors (Lipinski definition) is 2. The molecule has 0 aliphatic heterocycles. The lowest BCUT2D eigenvalue weighted by atomic mass is 10.2. The Morgan fingerprint density at radius 2 is 2.24 bits per heavy atom. The molecule has 1 rings (SSSR count). The number of pyridine rings is 1. The second-order valence-electron chi connectivity index (χ2n) is 2.93. The SMILES string of the molecule is C#CCNC(=O)Nc1cnccc1C(F)(F)F. The van der Waals surface area contributed by atoms with Gasteiger partial charge < -0.3 is 10.6 Å². The summed E-state index contributed by atoms with van der Waals surface area (Å²) in [6.45, 7) is -0.0759. The van der Waals surface area contributed by atoms with E-state index in [9.17, 15) is 18.0 Å². The number of carbonyl (C=O) groups excluding carboxylic acids is 1. The molecule has 0 aliphatic rings. The van der Waals surface area contributed by atoms with Crippen LogP contribution in [0, 0.1) is 12.3 Å². The smallest absolute Gasteiger partial charge is 0.327 e. The van der Waals surface area contributed by atoms with Crippen molar-refractivity contribution in [3.8, 4) is 12.3 Å². The van der Waals surface area contributed by atoms with E-state index in [4.69, 9.17) is 6.42 Å². The minimum absolute atomic E-state index is 0.0759. The quantitative estimate of drug-likeness (QED) is 0.779. The van der Waals surface area contributed by atoms with Gasteiger partial charge in [-0.05, 0) is 6.07 Å². The molecule has 4 nitrogen and oxygen atoms in total. The van der Waals surface area contributed by atoms with Crippen LogP contribution in [-0.2, 0) is 6.18 Å². The van der Waals surface area contributed by atoms with Crippen molar-refractivity contribution >= 4 is 11.7 Å². The number of rotatable bonds is 2. The third-order valence-electron chi connectivity index (χ3n) is 1.73. The van der Waals surface area contributed by atoms with E-state index in [1.807, 2.05) is 5.32 Å². The van der Waals surface area contributed by atoms with Crippen LogP contribution in [0.5, 0.6) is 0 Å². The Balaban J connectivity index is 2.85. The van der Waals surface area contributed by atoms with Gasteiger partial charge in [0.25, 0.3) is 0 Å². The van der Waals surface area contributed by atoms with Crippen LogP contribution in [0.4, 0.5) is 23.7 Å². The second kappa shape index (κ2) is 5.21. The lowest BCUT2D eigenvalue weighted by molar-refractivity contribution is -0.137. The highest BCUT2D eigenvalue weighted by molar-refractivity contribution is 5.90. The summed E-state index contributed by atoms with van der Waals surface area (Å²) in [5.74, 6) is 2.12. The Morgan fingerprint density at radius 3 is 2.82 bits per heavy atom. The topological polar surface area (TPSA) is 54.0 Å². The maximum Gasteiger partial charge on any atom is 0.418 e. The van der Waals surface area contributed by atoms with E-state index in [0.717, 1.165) is 18.5 Å². The van der Waals surface area contributed by atoms with Crippen LogP contribution in [0.2, 0.25) is 0 Å². The Labute approximate surface area is 95.2 Å². The van der Waals surface area contributed by atoms with Crippen molar-refractivity contribution in [2.45, 2.75) is 6.18 Å². The lowest BCUT2D eigenvalue weighted by Crippen LogP contribution is -2.29. The van der Waals surface area contributed by atoms with E-state index < -0.39 is 23.5 Å². The Morgan fingerprint density at radius 1 is 1.53 bits per heavy atom. The van der Waals surface area contributed by atoms with Crippen molar-refractivity contribution in [2.75, 3.05) is 11.9 Å². The summed E-state index contributed by atoms with van der Waals surface area (Å²) in [5, 5.41) is 4.20. The maximum absolute atomic E-state index is 12.5. The number of terminal acetylenes is 1. The summed E-state index contributed by atoms with van der Waals surface area (Å²) < 4.78 is 37.6. The third kappa shape index (κ3) is 3.68. The number of urea groups is 1. The monoisotopic (exact) mass is 243 g/mol. The van der Waals surface area contributed by atoms with Crippen LogP contribution in [0.3, 0.4) is 0 Å². The van der Waals surface area contributed by atoms with E-state index >= 15 is 0 Å². The van der Waals surface area contributed by atoms with Gasteiger partial charge in [-0.15, -0.1) is 6.42 Å². The first-order valence-electron chi connectivity index (χ1n) is 4.44. The number of carbonyl (C=O) groups is 1. The van der Waals surface area contributed by atoms with Crippen LogP contribution in [0.1, 0.15) is 5.56 Å². The molecular weight excluding hydrogens is 235 g/mol. The van der Waals surface area contributed by atoms with Crippen molar-refractivity contribution in [2.24, 2.45) is 0 Å². The van der Waals surface area contributed by atoms with E-state index in [0.29, 0.717) is 0 Å². The summed E-state index contributed by atoms with van der Waals surface area (Å²) in [5.41, 5.74) is -1.39. The summed E-state index contributed by atoms with van der Waals surface area (Å²) >= 11 is 0. The molecule has 90 valence electrons. The van der Waals surface area contributed by atoms with E-state index in [1.54, 1.807) is 0 Å². The number of anilines is 1. The first kappa shape index (κ1) is 12.8. The molecule has 0 spiro atoms. The van der Waals surface area contributed by atoms with Crippen LogP contribution in [-0.4, -0.2) is 17.6 Å².